The van der Waals surface area contributed by atoms with E-state index < -0.39 is 15.6 Å². The van der Waals surface area contributed by atoms with E-state index in [9.17, 15) is 8.42 Å². The lowest BCUT2D eigenvalue weighted by molar-refractivity contribution is 0.413. The lowest BCUT2D eigenvalue weighted by atomic mass is 10.1. The van der Waals surface area contributed by atoms with Gasteiger partial charge in [0, 0.05) is 10.4 Å². The molecule has 0 atom stereocenters. The fourth-order valence-electron chi connectivity index (χ4n) is 1.62. The lowest BCUT2D eigenvalue weighted by Crippen LogP contribution is -2.40. The van der Waals surface area contributed by atoms with Crippen LogP contribution in [0.3, 0.4) is 0 Å². The summed E-state index contributed by atoms with van der Waals surface area (Å²) in [5.41, 5.74) is -0.508. The molecule has 0 unspecified atom stereocenters. The second-order valence-electron chi connectivity index (χ2n) is 5.52. The Kier molecular flexibility index (Phi) is 5.91. The van der Waals surface area contributed by atoms with Crippen molar-refractivity contribution in [2.24, 2.45) is 0 Å². The smallest absolute Gasteiger partial charge is 0.242 e. The number of nitrogens with one attached hydrogen (secondary N) is 1. The van der Waals surface area contributed by atoms with Crippen LogP contribution >= 0.6 is 11.8 Å². The molecule has 1 aromatic carbocycles. The Balaban J connectivity index is 3.21. The predicted octanol–water partition coefficient (Wildman–Crippen LogP) is 3.27. The van der Waals surface area contributed by atoms with E-state index in [1.165, 1.54) is 11.8 Å². The summed E-state index contributed by atoms with van der Waals surface area (Å²) in [5.74, 6) is 1.53. The van der Waals surface area contributed by atoms with Gasteiger partial charge in [0.25, 0.3) is 0 Å². The maximum atomic E-state index is 12.5. The first kappa shape index (κ1) is 17.3. The predicted molar refractivity (Wildman–Crippen MR) is 84.1 cm³/mol. The van der Waals surface area contributed by atoms with E-state index in [4.69, 9.17) is 4.74 Å². The van der Waals surface area contributed by atoms with E-state index >= 15 is 0 Å². The number of benzene rings is 1. The molecule has 0 aliphatic carbocycles. The summed E-state index contributed by atoms with van der Waals surface area (Å²) in [4.78, 5) is 1.04. The Labute approximate surface area is 126 Å². The van der Waals surface area contributed by atoms with Crippen molar-refractivity contribution in [2.75, 3.05) is 12.9 Å². The van der Waals surface area contributed by atoms with Crippen LogP contribution in [0, 0.1) is 0 Å². The minimum Gasteiger partial charge on any atom is -0.497 e. The van der Waals surface area contributed by atoms with Crippen molar-refractivity contribution < 1.29 is 13.2 Å². The molecule has 0 amide bonds. The highest BCUT2D eigenvalue weighted by Crippen LogP contribution is 2.31. The molecule has 0 fully saturated rings. The molecule has 0 aromatic heterocycles. The summed E-state index contributed by atoms with van der Waals surface area (Å²) in [6, 6.07) is 5.05. The summed E-state index contributed by atoms with van der Waals surface area (Å²) >= 11 is 1.53. The van der Waals surface area contributed by atoms with Crippen LogP contribution in [0.5, 0.6) is 5.75 Å². The summed E-state index contributed by atoms with van der Waals surface area (Å²) in [5, 5.41) is 0. The molecular formula is C14H23NO3S2. The van der Waals surface area contributed by atoms with Crippen LogP contribution in [-0.2, 0) is 10.0 Å². The SMILES string of the molecule is CCCSc1cc(OC)ccc1S(=O)(=O)NC(C)(C)C. The number of ether oxygens (including phenoxy) is 1. The monoisotopic (exact) mass is 317 g/mol. The fraction of sp³-hybridized carbons (Fsp3) is 0.571. The molecule has 1 rings (SSSR count). The van der Waals surface area contributed by atoms with E-state index in [-0.39, 0.29) is 0 Å². The van der Waals surface area contributed by atoms with Gasteiger partial charge in [0.05, 0.1) is 12.0 Å². The van der Waals surface area contributed by atoms with Gasteiger partial charge in [-0.15, -0.1) is 11.8 Å². The Morgan fingerprint density at radius 3 is 2.45 bits per heavy atom. The van der Waals surface area contributed by atoms with Gasteiger partial charge in [-0.25, -0.2) is 13.1 Å². The van der Waals surface area contributed by atoms with Crippen LogP contribution in [0.2, 0.25) is 0 Å². The first-order valence-corrected chi connectivity index (χ1v) is 9.01. The molecule has 0 aliphatic rings. The molecule has 0 heterocycles. The summed E-state index contributed by atoms with van der Waals surface area (Å²) in [6.07, 6.45) is 0.980. The lowest BCUT2D eigenvalue weighted by Gasteiger charge is -2.21. The highest BCUT2D eigenvalue weighted by Gasteiger charge is 2.24. The number of hydrogen-bond acceptors (Lipinski definition) is 4. The van der Waals surface area contributed by atoms with Gasteiger partial charge in [-0.3, -0.25) is 0 Å². The Hall–Kier alpha value is -0.720. The van der Waals surface area contributed by atoms with Gasteiger partial charge in [-0.2, -0.15) is 0 Å². The molecule has 0 aliphatic heterocycles. The summed E-state index contributed by atoms with van der Waals surface area (Å²) in [6.45, 7) is 7.54. The van der Waals surface area contributed by atoms with Gasteiger partial charge in [0.2, 0.25) is 10.0 Å². The number of sulfonamides is 1. The van der Waals surface area contributed by atoms with Crippen molar-refractivity contribution in [1.82, 2.24) is 4.72 Å². The van der Waals surface area contributed by atoms with Gasteiger partial charge in [-0.1, -0.05) is 6.92 Å². The van der Waals surface area contributed by atoms with Crippen LogP contribution in [0.25, 0.3) is 0 Å². The molecule has 6 heteroatoms. The molecule has 20 heavy (non-hydrogen) atoms. The first-order chi connectivity index (χ1) is 9.19. The van der Waals surface area contributed by atoms with Crippen molar-refractivity contribution in [1.29, 1.82) is 0 Å². The van der Waals surface area contributed by atoms with E-state index in [1.54, 1.807) is 25.3 Å². The highest BCUT2D eigenvalue weighted by molar-refractivity contribution is 8.00. The van der Waals surface area contributed by atoms with Crippen molar-refractivity contribution in [3.05, 3.63) is 18.2 Å². The number of thioether (sulfide) groups is 1. The van der Waals surface area contributed by atoms with Gasteiger partial charge in [0.1, 0.15) is 5.75 Å². The van der Waals surface area contributed by atoms with Crippen LogP contribution in [0.15, 0.2) is 28.0 Å². The van der Waals surface area contributed by atoms with Gasteiger partial charge < -0.3 is 4.74 Å². The van der Waals surface area contributed by atoms with Crippen LogP contribution in [0.1, 0.15) is 34.1 Å². The molecule has 4 nitrogen and oxygen atoms in total. The van der Waals surface area contributed by atoms with Crippen LogP contribution < -0.4 is 9.46 Å². The highest BCUT2D eigenvalue weighted by atomic mass is 32.2. The largest absolute Gasteiger partial charge is 0.497 e. The molecule has 0 bridgehead atoms. The van der Waals surface area contributed by atoms with E-state index in [0.717, 1.165) is 17.1 Å². The summed E-state index contributed by atoms with van der Waals surface area (Å²) in [7, 11) is -1.96. The van der Waals surface area contributed by atoms with Crippen LogP contribution in [-0.4, -0.2) is 26.8 Å². The van der Waals surface area contributed by atoms with Crippen LogP contribution in [0.4, 0.5) is 0 Å². The fourth-order valence-corrected chi connectivity index (χ4v) is 4.45. The molecular weight excluding hydrogens is 294 g/mol. The molecule has 1 N–H and O–H groups in total. The molecule has 0 saturated carbocycles. The molecule has 1 aromatic rings. The first-order valence-electron chi connectivity index (χ1n) is 6.54. The average Bonchev–Trinajstić information content (AvgIpc) is 2.32. The minimum absolute atomic E-state index is 0.312. The third-order valence-corrected chi connectivity index (χ3v) is 5.55. The number of hydrogen-bond donors (Lipinski definition) is 1. The van der Waals surface area contributed by atoms with Crippen molar-refractivity contribution in [3.8, 4) is 5.75 Å². The quantitative estimate of drug-likeness (QED) is 0.818. The Bertz CT molecular complexity index is 548. The Morgan fingerprint density at radius 1 is 1.30 bits per heavy atom. The zero-order chi connectivity index (χ0) is 15.4. The van der Waals surface area contributed by atoms with Gasteiger partial charge >= 0.3 is 0 Å². The minimum atomic E-state index is -3.53. The van der Waals surface area contributed by atoms with Crippen molar-refractivity contribution >= 4 is 21.8 Å². The van der Waals surface area contributed by atoms with E-state index in [2.05, 4.69) is 11.6 Å². The summed E-state index contributed by atoms with van der Waals surface area (Å²) < 4.78 is 32.8. The standard InChI is InChI=1S/C14H23NO3S2/c1-6-9-19-12-10-11(18-5)7-8-13(12)20(16,17)15-14(2,3)4/h7-8,10,15H,6,9H2,1-5H3. The second kappa shape index (κ2) is 6.83. The zero-order valence-corrected chi connectivity index (χ0v) is 14.3. The maximum Gasteiger partial charge on any atom is 0.242 e. The van der Waals surface area contributed by atoms with Gasteiger partial charge in [0.15, 0.2) is 0 Å². The normalized spacial score (nSPS) is 12.4. The third-order valence-electron chi connectivity index (χ3n) is 2.34. The maximum absolute atomic E-state index is 12.5. The molecule has 0 saturated heterocycles. The Morgan fingerprint density at radius 2 is 1.95 bits per heavy atom. The topological polar surface area (TPSA) is 55.4 Å². The molecule has 114 valence electrons. The second-order valence-corrected chi connectivity index (χ2v) is 8.30. The average molecular weight is 317 g/mol. The van der Waals surface area contributed by atoms with Gasteiger partial charge in [-0.05, 0) is 51.1 Å². The zero-order valence-electron chi connectivity index (χ0n) is 12.7. The number of rotatable bonds is 6. The van der Waals surface area contributed by atoms with E-state index in [1.807, 2.05) is 20.8 Å². The molecule has 0 radical (unpaired) electrons. The number of methoxy groups -OCH3 is 1. The van der Waals surface area contributed by atoms with Crippen molar-refractivity contribution in [3.63, 3.8) is 0 Å². The third kappa shape index (κ3) is 5.00. The van der Waals surface area contributed by atoms with E-state index in [0.29, 0.717) is 10.6 Å². The van der Waals surface area contributed by atoms with Crippen molar-refractivity contribution in [2.45, 2.75) is 49.4 Å². The molecule has 0 spiro atoms.